The smallest absolute Gasteiger partial charge is 0.301 e. The van der Waals surface area contributed by atoms with Crippen LogP contribution in [0.15, 0.2) is 66.2 Å². The second-order valence-corrected chi connectivity index (χ2v) is 9.43. The van der Waals surface area contributed by atoms with Gasteiger partial charge in [-0.05, 0) is 55.0 Å². The minimum Gasteiger partial charge on any atom is -0.507 e. The molecule has 0 spiro atoms. The predicted octanol–water partition coefficient (Wildman–Crippen LogP) is 5.26. The fourth-order valence-corrected chi connectivity index (χ4v) is 5.54. The van der Waals surface area contributed by atoms with Gasteiger partial charge in [-0.3, -0.25) is 14.5 Å². The van der Waals surface area contributed by atoms with Crippen molar-refractivity contribution in [3.8, 4) is 17.2 Å². The number of rotatable bonds is 6. The number of fused-ring (bicyclic) bond motifs is 1. The molecule has 5 rings (SSSR count). The van der Waals surface area contributed by atoms with Crippen LogP contribution >= 0.6 is 11.3 Å². The number of aliphatic hydroxyl groups is 1. The zero-order valence-electron chi connectivity index (χ0n) is 20.6. The van der Waals surface area contributed by atoms with Crippen molar-refractivity contribution in [1.82, 2.24) is 4.98 Å². The number of Topliss-reactive ketones (excluding diaryl/α,β-unsaturated/α-hetero) is 1. The van der Waals surface area contributed by atoms with E-state index in [-0.39, 0.29) is 11.3 Å². The Hall–Kier alpha value is -4.37. The van der Waals surface area contributed by atoms with Crippen LogP contribution in [0.3, 0.4) is 0 Å². The number of amides is 1. The zero-order chi connectivity index (χ0) is 26.3. The van der Waals surface area contributed by atoms with Gasteiger partial charge in [0.1, 0.15) is 29.0 Å². The Morgan fingerprint density at radius 2 is 1.70 bits per heavy atom. The molecular weight excluding hydrogens is 492 g/mol. The Kier molecular flexibility index (Phi) is 6.31. The van der Waals surface area contributed by atoms with Crippen LogP contribution in [0.5, 0.6) is 17.2 Å². The van der Waals surface area contributed by atoms with Crippen LogP contribution in [0.25, 0.3) is 16.0 Å². The maximum absolute atomic E-state index is 13.5. The first-order chi connectivity index (χ1) is 17.9. The van der Waals surface area contributed by atoms with Gasteiger partial charge in [-0.1, -0.05) is 29.5 Å². The number of hydrogen-bond acceptors (Lipinski definition) is 8. The van der Waals surface area contributed by atoms with Crippen LogP contribution in [-0.4, -0.2) is 43.1 Å². The highest BCUT2D eigenvalue weighted by molar-refractivity contribution is 7.22. The van der Waals surface area contributed by atoms with Crippen molar-refractivity contribution in [2.45, 2.75) is 13.0 Å². The number of para-hydroxylation sites is 1. The summed E-state index contributed by atoms with van der Waals surface area (Å²) >= 11 is 1.26. The van der Waals surface area contributed by atoms with Crippen LogP contribution < -0.4 is 19.1 Å². The standard InChI is InChI=1S/C28H24N2O6S/c1-15-13-16(9-12-20(15)35-3)25(31)23-24(18-7-5-6-8-21(18)36-4)30(27(33)26(23)32)28-29-19-11-10-17(34-2)14-22(19)37-28/h5-14,24,31H,1-4H3/b25-23+/t24-/m0/s1. The first-order valence-corrected chi connectivity index (χ1v) is 12.2. The number of carbonyl (C=O) groups is 2. The molecule has 37 heavy (non-hydrogen) atoms. The molecule has 1 aliphatic rings. The lowest BCUT2D eigenvalue weighted by Crippen LogP contribution is -2.29. The first kappa shape index (κ1) is 24.3. The molecule has 1 saturated heterocycles. The third-order valence-electron chi connectivity index (χ3n) is 6.34. The summed E-state index contributed by atoms with van der Waals surface area (Å²) in [5, 5.41) is 11.8. The van der Waals surface area contributed by atoms with Crippen molar-refractivity contribution in [2.24, 2.45) is 0 Å². The average molecular weight is 517 g/mol. The summed E-state index contributed by atoms with van der Waals surface area (Å²) < 4.78 is 17.0. The summed E-state index contributed by atoms with van der Waals surface area (Å²) in [6, 6.07) is 16.6. The number of aliphatic hydroxyl groups excluding tert-OH is 1. The van der Waals surface area contributed by atoms with E-state index in [1.54, 1.807) is 68.8 Å². The number of aromatic nitrogens is 1. The Bertz CT molecular complexity index is 1570. The molecule has 1 aliphatic heterocycles. The summed E-state index contributed by atoms with van der Waals surface area (Å²) in [6.07, 6.45) is 0. The van der Waals surface area contributed by atoms with Crippen molar-refractivity contribution in [1.29, 1.82) is 0 Å². The number of thiazole rings is 1. The van der Waals surface area contributed by atoms with E-state index < -0.39 is 17.7 Å². The maximum Gasteiger partial charge on any atom is 0.301 e. The Morgan fingerprint density at radius 1 is 0.946 bits per heavy atom. The molecule has 0 unspecified atom stereocenters. The summed E-state index contributed by atoms with van der Waals surface area (Å²) in [5.41, 5.74) is 2.33. The van der Waals surface area contributed by atoms with Gasteiger partial charge in [-0.2, -0.15) is 0 Å². The van der Waals surface area contributed by atoms with E-state index in [9.17, 15) is 14.7 Å². The molecule has 1 aromatic heterocycles. The maximum atomic E-state index is 13.5. The van der Waals surface area contributed by atoms with E-state index in [0.717, 1.165) is 10.3 Å². The lowest BCUT2D eigenvalue weighted by molar-refractivity contribution is -0.132. The number of carbonyl (C=O) groups excluding carboxylic acids is 2. The van der Waals surface area contributed by atoms with Crippen LogP contribution in [-0.2, 0) is 9.59 Å². The van der Waals surface area contributed by atoms with Crippen LogP contribution in [0.4, 0.5) is 5.13 Å². The summed E-state index contributed by atoms with van der Waals surface area (Å²) in [6.45, 7) is 1.83. The minimum absolute atomic E-state index is 0.0455. The molecule has 1 N–H and O–H groups in total. The zero-order valence-corrected chi connectivity index (χ0v) is 21.5. The third kappa shape index (κ3) is 4.07. The van der Waals surface area contributed by atoms with Gasteiger partial charge in [-0.25, -0.2) is 4.98 Å². The topological polar surface area (TPSA) is 98.2 Å². The van der Waals surface area contributed by atoms with E-state index in [4.69, 9.17) is 14.2 Å². The molecule has 4 aromatic rings. The van der Waals surface area contributed by atoms with Crippen LogP contribution in [0, 0.1) is 6.92 Å². The molecule has 1 atom stereocenters. The van der Waals surface area contributed by atoms with Crippen molar-refractivity contribution in [3.05, 3.63) is 82.9 Å². The molecule has 3 aromatic carbocycles. The number of ketones is 1. The van der Waals surface area contributed by atoms with E-state index in [1.807, 2.05) is 13.0 Å². The monoisotopic (exact) mass is 516 g/mol. The molecule has 0 radical (unpaired) electrons. The molecule has 1 fully saturated rings. The normalized spacial score (nSPS) is 16.9. The SMILES string of the molecule is COc1ccc2nc(N3C(=O)C(=O)/C(=C(/O)c4ccc(OC)c(C)c4)[C@@H]3c3ccccc3OC)sc2c1. The van der Waals surface area contributed by atoms with E-state index >= 15 is 0 Å². The van der Waals surface area contributed by atoms with Gasteiger partial charge in [0.25, 0.3) is 5.78 Å². The number of benzene rings is 3. The summed E-state index contributed by atoms with van der Waals surface area (Å²) in [7, 11) is 4.65. The van der Waals surface area contributed by atoms with Crippen LogP contribution in [0.1, 0.15) is 22.7 Å². The quantitative estimate of drug-likeness (QED) is 0.212. The number of aryl methyl sites for hydroxylation is 1. The second kappa shape index (κ2) is 9.59. The highest BCUT2D eigenvalue weighted by atomic mass is 32.1. The lowest BCUT2D eigenvalue weighted by atomic mass is 9.94. The highest BCUT2D eigenvalue weighted by Gasteiger charge is 2.49. The molecule has 9 heteroatoms. The molecule has 0 aliphatic carbocycles. The molecule has 188 valence electrons. The number of methoxy groups -OCH3 is 3. The Labute approximate surface area is 217 Å². The van der Waals surface area contributed by atoms with Crippen molar-refractivity contribution in [3.63, 3.8) is 0 Å². The Morgan fingerprint density at radius 3 is 2.41 bits per heavy atom. The molecule has 8 nitrogen and oxygen atoms in total. The van der Waals surface area contributed by atoms with Gasteiger partial charge in [0, 0.05) is 11.1 Å². The number of anilines is 1. The molecule has 2 heterocycles. The van der Waals surface area contributed by atoms with Crippen molar-refractivity contribution >= 4 is 44.1 Å². The van der Waals surface area contributed by atoms with Crippen molar-refractivity contribution < 1.29 is 28.9 Å². The van der Waals surface area contributed by atoms with Crippen LogP contribution in [0.2, 0.25) is 0 Å². The van der Waals surface area contributed by atoms with Gasteiger partial charge in [0.2, 0.25) is 0 Å². The Balaban J connectivity index is 1.74. The number of ether oxygens (including phenoxy) is 3. The van der Waals surface area contributed by atoms with Gasteiger partial charge >= 0.3 is 5.91 Å². The molecular formula is C28H24N2O6S. The van der Waals surface area contributed by atoms with E-state index in [1.165, 1.54) is 23.3 Å². The fourth-order valence-electron chi connectivity index (χ4n) is 4.52. The average Bonchev–Trinajstić information content (AvgIpc) is 3.45. The summed E-state index contributed by atoms with van der Waals surface area (Å²) in [4.78, 5) is 33.0. The fraction of sp³-hybridized carbons (Fsp3) is 0.179. The third-order valence-corrected chi connectivity index (χ3v) is 7.35. The minimum atomic E-state index is -0.957. The first-order valence-electron chi connectivity index (χ1n) is 11.4. The molecule has 1 amide bonds. The highest BCUT2D eigenvalue weighted by Crippen LogP contribution is 2.46. The summed E-state index contributed by atoms with van der Waals surface area (Å²) in [5.74, 6) is -0.110. The van der Waals surface area contributed by atoms with E-state index in [0.29, 0.717) is 39.0 Å². The van der Waals surface area contributed by atoms with Gasteiger partial charge in [0.15, 0.2) is 5.13 Å². The molecule has 0 bridgehead atoms. The van der Waals surface area contributed by atoms with Gasteiger partial charge in [-0.15, -0.1) is 0 Å². The van der Waals surface area contributed by atoms with Gasteiger partial charge < -0.3 is 19.3 Å². The van der Waals surface area contributed by atoms with E-state index in [2.05, 4.69) is 4.98 Å². The second-order valence-electron chi connectivity index (χ2n) is 8.43. The lowest BCUT2D eigenvalue weighted by Gasteiger charge is -2.24. The van der Waals surface area contributed by atoms with Gasteiger partial charge in [0.05, 0.1) is 37.1 Å². The molecule has 0 saturated carbocycles. The number of hydrogen-bond donors (Lipinski definition) is 1. The van der Waals surface area contributed by atoms with Crippen molar-refractivity contribution in [2.75, 3.05) is 26.2 Å². The number of nitrogens with zero attached hydrogens (tertiary/aromatic N) is 2. The predicted molar refractivity (Wildman–Crippen MR) is 142 cm³/mol. The largest absolute Gasteiger partial charge is 0.507 e.